The van der Waals surface area contributed by atoms with Crippen LogP contribution in [0.3, 0.4) is 0 Å². The van der Waals surface area contributed by atoms with Crippen molar-refractivity contribution in [3.63, 3.8) is 0 Å². The summed E-state index contributed by atoms with van der Waals surface area (Å²) in [4.78, 5) is 14.6. The molecule has 0 aliphatic carbocycles. The van der Waals surface area contributed by atoms with E-state index in [1.807, 2.05) is 6.92 Å². The lowest BCUT2D eigenvalue weighted by Gasteiger charge is -2.33. The zero-order chi connectivity index (χ0) is 20.5. The number of hydrogen-bond donors (Lipinski definition) is 1. The molecule has 1 aliphatic rings. The van der Waals surface area contributed by atoms with Crippen LogP contribution in [0.5, 0.6) is 11.5 Å². The molecule has 1 unspecified atom stereocenters. The minimum Gasteiger partial charge on any atom is -0.493 e. The van der Waals surface area contributed by atoms with Crippen molar-refractivity contribution in [2.75, 3.05) is 46.5 Å². The summed E-state index contributed by atoms with van der Waals surface area (Å²) < 4.78 is 16.6. The van der Waals surface area contributed by atoms with Crippen LogP contribution < -0.4 is 14.8 Å². The number of rotatable bonds is 9. The summed E-state index contributed by atoms with van der Waals surface area (Å²) in [5, 5.41) is 3.35. The normalized spacial score (nSPS) is 17.9. The first-order valence-corrected chi connectivity index (χ1v) is 10.1. The Kier molecular flexibility index (Phi) is 9.09. The van der Waals surface area contributed by atoms with E-state index >= 15 is 0 Å². The van der Waals surface area contributed by atoms with Crippen LogP contribution in [-0.2, 0) is 9.53 Å². The van der Waals surface area contributed by atoms with Crippen molar-refractivity contribution in [2.24, 2.45) is 5.92 Å². The zero-order valence-electron chi connectivity index (χ0n) is 17.2. The molecule has 156 valence electrons. The number of amides is 1. The Bertz CT molecular complexity index is 679. The predicted octanol–water partition coefficient (Wildman–Crippen LogP) is 3.23. The van der Waals surface area contributed by atoms with Gasteiger partial charge in [0.15, 0.2) is 11.5 Å². The van der Waals surface area contributed by atoms with E-state index in [4.69, 9.17) is 25.8 Å². The maximum absolute atomic E-state index is 12.2. The van der Waals surface area contributed by atoms with Gasteiger partial charge in [0.1, 0.15) is 0 Å². The van der Waals surface area contributed by atoms with Crippen molar-refractivity contribution in [3.8, 4) is 11.5 Å². The van der Waals surface area contributed by atoms with Crippen molar-refractivity contribution < 1.29 is 19.0 Å². The lowest BCUT2D eigenvalue weighted by Crippen LogP contribution is -2.48. The summed E-state index contributed by atoms with van der Waals surface area (Å²) >= 11 is 6.26. The second-order valence-electron chi connectivity index (χ2n) is 7.19. The standard InChI is InChI=1S/C21H31ClN2O4/c1-5-27-21-18(22)10-16(11-19(21)26-4)6-7-20(25)23-12-17-14-24(8-9-28-17)13-15(2)3/h6-7,10-11,15,17H,5,8-9,12-14H2,1-4H3,(H,23,25)/b7-6+. The van der Waals surface area contributed by atoms with Gasteiger partial charge in [-0.2, -0.15) is 0 Å². The molecule has 0 saturated carbocycles. The highest BCUT2D eigenvalue weighted by Gasteiger charge is 2.21. The molecule has 1 amide bonds. The topological polar surface area (TPSA) is 60.0 Å². The largest absolute Gasteiger partial charge is 0.493 e. The third-order valence-corrected chi connectivity index (χ3v) is 4.60. The van der Waals surface area contributed by atoms with E-state index in [0.717, 1.165) is 25.2 Å². The number of benzene rings is 1. The van der Waals surface area contributed by atoms with Crippen LogP contribution in [0.25, 0.3) is 6.08 Å². The van der Waals surface area contributed by atoms with Gasteiger partial charge in [-0.3, -0.25) is 9.69 Å². The Labute approximate surface area is 172 Å². The fourth-order valence-electron chi connectivity index (χ4n) is 3.15. The molecule has 0 spiro atoms. The second kappa shape index (κ2) is 11.3. The summed E-state index contributed by atoms with van der Waals surface area (Å²) in [7, 11) is 1.56. The van der Waals surface area contributed by atoms with Crippen LogP contribution in [0.15, 0.2) is 18.2 Å². The van der Waals surface area contributed by atoms with Crippen LogP contribution in [0.2, 0.25) is 5.02 Å². The minimum atomic E-state index is -0.173. The zero-order valence-corrected chi connectivity index (χ0v) is 17.9. The molecule has 0 bridgehead atoms. The lowest BCUT2D eigenvalue weighted by atomic mass is 10.1. The Morgan fingerprint density at radius 3 is 2.93 bits per heavy atom. The molecule has 0 aromatic heterocycles. The molecule has 1 aromatic rings. The molecular weight excluding hydrogens is 380 g/mol. The molecule has 1 aromatic carbocycles. The van der Waals surface area contributed by atoms with Gasteiger partial charge in [0.05, 0.1) is 31.5 Å². The number of halogens is 1. The first-order chi connectivity index (χ1) is 13.4. The summed E-state index contributed by atoms with van der Waals surface area (Å²) in [6, 6.07) is 3.53. The lowest BCUT2D eigenvalue weighted by molar-refractivity contribution is -0.117. The van der Waals surface area contributed by atoms with E-state index in [1.165, 1.54) is 6.08 Å². The third-order valence-electron chi connectivity index (χ3n) is 4.32. The van der Waals surface area contributed by atoms with E-state index in [1.54, 1.807) is 25.3 Å². The molecule has 28 heavy (non-hydrogen) atoms. The van der Waals surface area contributed by atoms with Gasteiger partial charge in [0.2, 0.25) is 5.91 Å². The number of nitrogens with one attached hydrogen (secondary N) is 1. The smallest absolute Gasteiger partial charge is 0.244 e. The molecule has 1 saturated heterocycles. The van der Waals surface area contributed by atoms with E-state index in [-0.39, 0.29) is 12.0 Å². The van der Waals surface area contributed by atoms with Crippen molar-refractivity contribution in [1.82, 2.24) is 10.2 Å². The predicted molar refractivity (Wildman–Crippen MR) is 112 cm³/mol. The minimum absolute atomic E-state index is 0.0184. The van der Waals surface area contributed by atoms with E-state index < -0.39 is 0 Å². The highest BCUT2D eigenvalue weighted by atomic mass is 35.5. The Morgan fingerprint density at radius 1 is 1.46 bits per heavy atom. The van der Waals surface area contributed by atoms with Gasteiger partial charge in [-0.1, -0.05) is 25.4 Å². The molecule has 0 radical (unpaired) electrons. The number of nitrogens with zero attached hydrogens (tertiary/aromatic N) is 1. The molecule has 7 heteroatoms. The van der Waals surface area contributed by atoms with Gasteiger partial charge in [0, 0.05) is 32.3 Å². The number of ether oxygens (including phenoxy) is 3. The number of hydrogen-bond acceptors (Lipinski definition) is 5. The maximum atomic E-state index is 12.2. The molecule has 1 heterocycles. The maximum Gasteiger partial charge on any atom is 0.244 e. The number of carbonyl (C=O) groups is 1. The quantitative estimate of drug-likeness (QED) is 0.633. The van der Waals surface area contributed by atoms with Crippen molar-refractivity contribution in [1.29, 1.82) is 0 Å². The van der Waals surface area contributed by atoms with Gasteiger partial charge in [-0.15, -0.1) is 0 Å². The average molecular weight is 411 g/mol. The highest BCUT2D eigenvalue weighted by Crippen LogP contribution is 2.36. The summed E-state index contributed by atoms with van der Waals surface area (Å²) in [5.74, 6) is 1.49. The molecular formula is C21H31ClN2O4. The molecule has 1 N–H and O–H groups in total. The van der Waals surface area contributed by atoms with Crippen LogP contribution in [0.4, 0.5) is 0 Å². The third kappa shape index (κ3) is 7.00. The van der Waals surface area contributed by atoms with Crippen LogP contribution >= 0.6 is 11.6 Å². The van der Waals surface area contributed by atoms with E-state index in [2.05, 4.69) is 24.1 Å². The monoisotopic (exact) mass is 410 g/mol. The first-order valence-electron chi connectivity index (χ1n) is 9.73. The summed E-state index contributed by atoms with van der Waals surface area (Å²) in [6.45, 7) is 10.8. The highest BCUT2D eigenvalue weighted by molar-refractivity contribution is 6.32. The van der Waals surface area contributed by atoms with Crippen LogP contribution in [0.1, 0.15) is 26.3 Å². The Hall–Kier alpha value is -1.76. The second-order valence-corrected chi connectivity index (χ2v) is 7.60. The van der Waals surface area contributed by atoms with E-state index in [9.17, 15) is 4.79 Å². The molecule has 2 rings (SSSR count). The molecule has 1 fully saturated rings. The van der Waals surface area contributed by atoms with Gasteiger partial charge < -0.3 is 19.5 Å². The number of carbonyl (C=O) groups excluding carboxylic acids is 1. The van der Waals surface area contributed by atoms with Gasteiger partial charge in [0.25, 0.3) is 0 Å². The Balaban J connectivity index is 1.89. The van der Waals surface area contributed by atoms with Crippen molar-refractivity contribution in [3.05, 3.63) is 28.8 Å². The SMILES string of the molecule is CCOc1c(Cl)cc(/C=C/C(=O)NCC2CN(CC(C)C)CCO2)cc1OC. The van der Waals surface area contributed by atoms with Gasteiger partial charge in [-0.25, -0.2) is 0 Å². The fraction of sp³-hybridized carbons (Fsp3) is 0.571. The van der Waals surface area contributed by atoms with Gasteiger partial charge >= 0.3 is 0 Å². The molecule has 1 atom stereocenters. The number of methoxy groups -OCH3 is 1. The van der Waals surface area contributed by atoms with E-state index in [0.29, 0.717) is 42.2 Å². The average Bonchev–Trinajstić information content (AvgIpc) is 2.66. The van der Waals surface area contributed by atoms with Crippen LogP contribution in [-0.4, -0.2) is 63.4 Å². The number of morpholine rings is 1. The summed E-state index contributed by atoms with van der Waals surface area (Å²) in [6.07, 6.45) is 3.21. The van der Waals surface area contributed by atoms with Gasteiger partial charge in [-0.05, 0) is 36.6 Å². The fourth-order valence-corrected chi connectivity index (χ4v) is 3.43. The molecule has 6 nitrogen and oxygen atoms in total. The first kappa shape index (κ1) is 22.5. The summed E-state index contributed by atoms with van der Waals surface area (Å²) in [5.41, 5.74) is 0.762. The Morgan fingerprint density at radius 2 is 2.25 bits per heavy atom. The molecule has 1 aliphatic heterocycles. The van der Waals surface area contributed by atoms with Crippen molar-refractivity contribution in [2.45, 2.75) is 26.9 Å². The van der Waals surface area contributed by atoms with Crippen LogP contribution in [0, 0.1) is 5.92 Å². The van der Waals surface area contributed by atoms with Crippen molar-refractivity contribution >= 4 is 23.6 Å².